The highest BCUT2D eigenvalue weighted by atomic mass is 32.2. The molecule has 2 N–H and O–H groups in total. The molecule has 4 heterocycles. The molecule has 1 atom stereocenters. The van der Waals surface area contributed by atoms with Gasteiger partial charge in [-0.05, 0) is 49.7 Å². The van der Waals surface area contributed by atoms with E-state index in [1.165, 1.54) is 11.9 Å². The number of nitrogens with zero attached hydrogens (tertiary/aromatic N) is 5. The molecular weight excluding hydrogens is 478 g/mol. The van der Waals surface area contributed by atoms with Crippen molar-refractivity contribution in [3.63, 3.8) is 0 Å². The van der Waals surface area contributed by atoms with E-state index in [1.54, 1.807) is 28.1 Å². The first-order valence-electron chi connectivity index (χ1n) is 11.8. The van der Waals surface area contributed by atoms with E-state index in [9.17, 15) is 4.79 Å². The Bertz CT molecular complexity index is 1270. The summed E-state index contributed by atoms with van der Waals surface area (Å²) < 4.78 is 4.98. The van der Waals surface area contributed by atoms with E-state index in [4.69, 9.17) is 9.97 Å². The van der Waals surface area contributed by atoms with Gasteiger partial charge in [0.05, 0.1) is 28.0 Å². The Morgan fingerprint density at radius 2 is 2.00 bits per heavy atom. The second-order valence-electron chi connectivity index (χ2n) is 8.06. The quantitative estimate of drug-likeness (QED) is 0.273. The molecule has 0 aliphatic carbocycles. The van der Waals surface area contributed by atoms with Crippen molar-refractivity contribution in [2.45, 2.75) is 33.7 Å². The summed E-state index contributed by atoms with van der Waals surface area (Å²) >= 11 is 3.18. The van der Waals surface area contributed by atoms with Gasteiger partial charge in [0.25, 0.3) is 5.91 Å². The molecule has 0 aromatic carbocycles. The van der Waals surface area contributed by atoms with Crippen LogP contribution in [0.5, 0.6) is 0 Å². The Morgan fingerprint density at radius 1 is 1.17 bits per heavy atom. The highest BCUT2D eigenvalue weighted by Gasteiger charge is 2.17. The second kappa shape index (κ2) is 11.7. The molecule has 0 spiro atoms. The Hall–Kier alpha value is -2.95. The molecule has 184 valence electrons. The molecule has 0 saturated carbocycles. The van der Waals surface area contributed by atoms with E-state index >= 15 is 0 Å². The lowest BCUT2D eigenvalue weighted by molar-refractivity contribution is 0.0938. The van der Waals surface area contributed by atoms with Crippen molar-refractivity contribution in [3.8, 4) is 21.8 Å². The summed E-state index contributed by atoms with van der Waals surface area (Å²) in [6, 6.07) is 9.87. The van der Waals surface area contributed by atoms with Gasteiger partial charge in [-0.25, -0.2) is 14.5 Å². The smallest absolute Gasteiger partial charge is 0.251 e. The van der Waals surface area contributed by atoms with Crippen LogP contribution in [0.25, 0.3) is 27.5 Å². The maximum atomic E-state index is 13.1. The zero-order valence-electron chi connectivity index (χ0n) is 20.5. The molecule has 1 amide bonds. The van der Waals surface area contributed by atoms with Crippen molar-refractivity contribution in [1.82, 2.24) is 29.8 Å². The summed E-state index contributed by atoms with van der Waals surface area (Å²) in [6.45, 7) is 10.9. The summed E-state index contributed by atoms with van der Waals surface area (Å²) in [6.07, 6.45) is 3.65. The third-order valence-corrected chi connectivity index (χ3v) is 7.36. The predicted molar refractivity (Wildman–Crippen MR) is 146 cm³/mol. The van der Waals surface area contributed by atoms with Gasteiger partial charge in [0, 0.05) is 30.1 Å². The minimum atomic E-state index is -0.124. The van der Waals surface area contributed by atoms with Crippen molar-refractivity contribution in [2.24, 2.45) is 0 Å². The van der Waals surface area contributed by atoms with Gasteiger partial charge < -0.3 is 10.0 Å². The number of carbonyl (C=O) groups is 1. The van der Waals surface area contributed by atoms with Crippen LogP contribution in [-0.2, 0) is 0 Å². The Morgan fingerprint density at radius 3 is 2.71 bits per heavy atom. The third-order valence-electron chi connectivity index (χ3n) is 5.82. The first-order chi connectivity index (χ1) is 17.0. The van der Waals surface area contributed by atoms with E-state index < -0.39 is 0 Å². The molecule has 1 unspecified atom stereocenters. The van der Waals surface area contributed by atoms with Crippen LogP contribution in [0, 0.1) is 0 Å². The van der Waals surface area contributed by atoms with Crippen LogP contribution in [0.3, 0.4) is 0 Å². The van der Waals surface area contributed by atoms with Crippen LogP contribution in [0.2, 0.25) is 0 Å². The average molecular weight is 510 g/mol. The molecule has 4 rings (SSSR count). The Kier molecular flexibility index (Phi) is 8.37. The number of aromatic nitrogens is 4. The van der Waals surface area contributed by atoms with E-state index in [-0.39, 0.29) is 11.9 Å². The number of thiophene rings is 1. The normalized spacial score (nSPS) is 12.3. The molecule has 8 nitrogen and oxygen atoms in total. The predicted octanol–water partition coefficient (Wildman–Crippen LogP) is 5.06. The number of carbonyl (C=O) groups excluding carboxylic acids is 1. The Balaban J connectivity index is 1.67. The second-order valence-corrected chi connectivity index (χ2v) is 10.1. The van der Waals surface area contributed by atoms with Crippen molar-refractivity contribution in [1.29, 1.82) is 0 Å². The number of likely N-dealkylation sites (N-methyl/N-ethyl adjacent to an activating group) is 1. The fourth-order valence-corrected chi connectivity index (χ4v) is 5.02. The largest absolute Gasteiger partial charge is 0.350 e. The van der Waals surface area contributed by atoms with Gasteiger partial charge >= 0.3 is 0 Å². The minimum Gasteiger partial charge on any atom is -0.350 e. The van der Waals surface area contributed by atoms with Gasteiger partial charge in [-0.15, -0.1) is 11.3 Å². The molecule has 0 radical (unpaired) electrons. The minimum absolute atomic E-state index is 0.124. The van der Waals surface area contributed by atoms with Crippen molar-refractivity contribution >= 4 is 40.7 Å². The van der Waals surface area contributed by atoms with Crippen molar-refractivity contribution < 1.29 is 4.79 Å². The summed E-state index contributed by atoms with van der Waals surface area (Å²) in [5.41, 5.74) is 3.56. The van der Waals surface area contributed by atoms with Crippen LogP contribution in [0.4, 0.5) is 5.82 Å². The number of rotatable bonds is 11. The maximum Gasteiger partial charge on any atom is 0.251 e. The lowest BCUT2D eigenvalue weighted by Crippen LogP contribution is -2.42. The molecular formula is C25H31N7OS2. The number of hydrogen-bond donors (Lipinski definition) is 2. The van der Waals surface area contributed by atoms with Crippen molar-refractivity contribution in [3.05, 3.63) is 53.7 Å². The molecule has 0 bridgehead atoms. The molecule has 0 aliphatic rings. The molecule has 0 saturated heterocycles. The molecule has 0 aliphatic heterocycles. The van der Waals surface area contributed by atoms with E-state index in [1.807, 2.05) is 35.8 Å². The fourth-order valence-electron chi connectivity index (χ4n) is 3.93. The summed E-state index contributed by atoms with van der Waals surface area (Å²) in [7, 11) is 0. The number of pyridine rings is 1. The number of anilines is 1. The topological polar surface area (TPSA) is 87.5 Å². The molecule has 10 heteroatoms. The number of fused-ring (bicyclic) bond motifs is 1. The molecule has 0 fully saturated rings. The van der Waals surface area contributed by atoms with Gasteiger partial charge in [-0.2, -0.15) is 5.10 Å². The number of nitrogens with one attached hydrogen (secondary N) is 2. The third kappa shape index (κ3) is 5.83. The number of hydrogen-bond acceptors (Lipinski definition) is 8. The zero-order valence-corrected chi connectivity index (χ0v) is 22.1. The average Bonchev–Trinajstić information content (AvgIpc) is 3.56. The van der Waals surface area contributed by atoms with E-state index in [0.29, 0.717) is 29.3 Å². The van der Waals surface area contributed by atoms with Gasteiger partial charge in [0.1, 0.15) is 5.82 Å². The molecule has 4 aromatic heterocycles. The maximum absolute atomic E-state index is 13.1. The van der Waals surface area contributed by atoms with E-state index in [0.717, 1.165) is 35.0 Å². The van der Waals surface area contributed by atoms with Gasteiger partial charge in [0.2, 0.25) is 0 Å². The van der Waals surface area contributed by atoms with Gasteiger partial charge in [0.15, 0.2) is 5.65 Å². The molecule has 35 heavy (non-hydrogen) atoms. The lowest BCUT2D eigenvalue weighted by atomic mass is 10.1. The monoisotopic (exact) mass is 509 g/mol. The van der Waals surface area contributed by atoms with Crippen LogP contribution >= 0.6 is 23.3 Å². The van der Waals surface area contributed by atoms with Crippen LogP contribution in [0.15, 0.2) is 48.1 Å². The Labute approximate surface area is 214 Å². The zero-order chi connectivity index (χ0) is 24.8. The van der Waals surface area contributed by atoms with Crippen LogP contribution in [0.1, 0.15) is 38.1 Å². The fraction of sp³-hybridized carbons (Fsp3) is 0.360. The highest BCUT2D eigenvalue weighted by Crippen LogP contribution is 2.28. The summed E-state index contributed by atoms with van der Waals surface area (Å²) in [5, 5.41) is 9.59. The lowest BCUT2D eigenvalue weighted by Gasteiger charge is -2.26. The SMILES string of the molecule is CCSNc1cc(C(=O)NCC(C)N(CC)CC)cc(-c2cnn3ccc(-c4cccs4)nc23)n1. The highest BCUT2D eigenvalue weighted by molar-refractivity contribution is 8.00. The number of amides is 1. The van der Waals surface area contributed by atoms with E-state index in [2.05, 4.69) is 47.7 Å². The van der Waals surface area contributed by atoms with Crippen LogP contribution < -0.4 is 10.0 Å². The summed E-state index contributed by atoms with van der Waals surface area (Å²) in [4.78, 5) is 26.2. The van der Waals surface area contributed by atoms with Gasteiger partial charge in [-0.1, -0.05) is 38.8 Å². The molecule has 4 aromatic rings. The van der Waals surface area contributed by atoms with Crippen molar-refractivity contribution in [2.75, 3.05) is 30.1 Å². The first kappa shape index (κ1) is 25.2. The first-order valence-corrected chi connectivity index (χ1v) is 13.7. The van der Waals surface area contributed by atoms with Gasteiger partial charge in [-0.3, -0.25) is 9.69 Å². The standard InChI is InChI=1S/C25H31N7OS2/c1-5-31(6-2)17(4)15-26-25(33)18-13-21(28-23(14-18)30-35-7-3)19-16-27-32-11-10-20(29-24(19)32)22-9-8-12-34-22/h8-14,16-17H,5-7,15H2,1-4H3,(H,26,33)(H,28,30). The van der Waals surface area contributed by atoms with Crippen LogP contribution in [-0.4, -0.2) is 61.8 Å². The summed E-state index contributed by atoms with van der Waals surface area (Å²) in [5.74, 6) is 1.38.